The number of urea groups is 1. The van der Waals surface area contributed by atoms with Crippen LogP contribution in [-0.2, 0) is 4.79 Å². The number of anilines is 1. The molecule has 6 nitrogen and oxygen atoms in total. The summed E-state index contributed by atoms with van der Waals surface area (Å²) >= 11 is 0. The van der Waals surface area contributed by atoms with Crippen molar-refractivity contribution in [3.05, 3.63) is 23.8 Å². The van der Waals surface area contributed by atoms with Gasteiger partial charge in [0, 0.05) is 18.7 Å². The maximum atomic E-state index is 12.3. The highest BCUT2D eigenvalue weighted by Gasteiger charge is 2.24. The summed E-state index contributed by atoms with van der Waals surface area (Å²) in [5.74, 6) is -1.56. The van der Waals surface area contributed by atoms with Gasteiger partial charge in [-0.15, -0.1) is 0 Å². The number of aryl methyl sites for hydroxylation is 1. The van der Waals surface area contributed by atoms with E-state index in [1.54, 1.807) is 26.0 Å². The van der Waals surface area contributed by atoms with Gasteiger partial charge in [-0.3, -0.25) is 9.69 Å². The standard InChI is InChI=1S/C15H22N2O4/c1-5-17(13-8-12(18)7-6-9(13)2)15(21)16-11(4)10(3)14(19)20/h6-8,10-11,18H,5H2,1-4H3,(H,16,21)(H,19,20). The van der Waals surface area contributed by atoms with Gasteiger partial charge in [-0.05, 0) is 39.3 Å². The zero-order valence-corrected chi connectivity index (χ0v) is 12.8. The Labute approximate surface area is 124 Å². The Kier molecular flexibility index (Phi) is 5.58. The third kappa shape index (κ3) is 4.11. The highest BCUT2D eigenvalue weighted by Crippen LogP contribution is 2.25. The van der Waals surface area contributed by atoms with Gasteiger partial charge < -0.3 is 15.5 Å². The summed E-state index contributed by atoms with van der Waals surface area (Å²) in [4.78, 5) is 24.7. The van der Waals surface area contributed by atoms with Gasteiger partial charge in [0.15, 0.2) is 0 Å². The van der Waals surface area contributed by atoms with Crippen molar-refractivity contribution in [1.82, 2.24) is 5.32 Å². The molecule has 2 amide bonds. The minimum absolute atomic E-state index is 0.0776. The Morgan fingerprint density at radius 1 is 1.33 bits per heavy atom. The van der Waals surface area contributed by atoms with Gasteiger partial charge in [0.25, 0.3) is 0 Å². The van der Waals surface area contributed by atoms with Crippen LogP contribution in [0.15, 0.2) is 18.2 Å². The molecule has 0 bridgehead atoms. The number of aromatic hydroxyl groups is 1. The second kappa shape index (κ2) is 6.97. The number of phenols is 1. The summed E-state index contributed by atoms with van der Waals surface area (Å²) in [5.41, 5.74) is 1.45. The van der Waals surface area contributed by atoms with Crippen LogP contribution in [0.5, 0.6) is 5.75 Å². The SMILES string of the molecule is CCN(C(=O)NC(C)C(C)C(=O)O)c1cc(O)ccc1C. The third-order valence-corrected chi connectivity index (χ3v) is 3.54. The highest BCUT2D eigenvalue weighted by molar-refractivity contribution is 5.93. The minimum atomic E-state index is -0.959. The maximum Gasteiger partial charge on any atom is 0.322 e. The zero-order valence-electron chi connectivity index (χ0n) is 12.8. The van der Waals surface area contributed by atoms with Crippen LogP contribution in [0.2, 0.25) is 0 Å². The Morgan fingerprint density at radius 3 is 2.48 bits per heavy atom. The van der Waals surface area contributed by atoms with Crippen LogP contribution in [0.25, 0.3) is 0 Å². The van der Waals surface area contributed by atoms with Crippen LogP contribution in [0.1, 0.15) is 26.3 Å². The van der Waals surface area contributed by atoms with E-state index in [9.17, 15) is 14.7 Å². The molecule has 1 aromatic carbocycles. The van der Waals surface area contributed by atoms with E-state index >= 15 is 0 Å². The lowest BCUT2D eigenvalue weighted by Crippen LogP contribution is -2.47. The largest absolute Gasteiger partial charge is 0.508 e. The molecule has 0 spiro atoms. The predicted octanol–water partition coefficient (Wildman–Crippen LogP) is 2.35. The second-order valence-electron chi connectivity index (χ2n) is 5.08. The monoisotopic (exact) mass is 294 g/mol. The van der Waals surface area contributed by atoms with Gasteiger partial charge >= 0.3 is 12.0 Å². The van der Waals surface area contributed by atoms with Gasteiger partial charge in [-0.25, -0.2) is 4.79 Å². The molecule has 0 heterocycles. The number of benzene rings is 1. The molecule has 0 fully saturated rings. The van der Waals surface area contributed by atoms with E-state index < -0.39 is 17.9 Å². The molecule has 0 saturated heterocycles. The predicted molar refractivity (Wildman–Crippen MR) is 80.7 cm³/mol. The van der Waals surface area contributed by atoms with Crippen LogP contribution >= 0.6 is 0 Å². The van der Waals surface area contributed by atoms with E-state index in [0.29, 0.717) is 12.2 Å². The first-order valence-electron chi connectivity index (χ1n) is 6.88. The number of carbonyl (C=O) groups is 2. The first-order valence-corrected chi connectivity index (χ1v) is 6.88. The molecule has 3 N–H and O–H groups in total. The fourth-order valence-corrected chi connectivity index (χ4v) is 1.92. The molecule has 0 radical (unpaired) electrons. The van der Waals surface area contributed by atoms with Crippen molar-refractivity contribution < 1.29 is 19.8 Å². The number of carboxylic acid groups (broad SMARTS) is 1. The third-order valence-electron chi connectivity index (χ3n) is 3.54. The first kappa shape index (κ1) is 16.8. The Balaban J connectivity index is 2.92. The topological polar surface area (TPSA) is 89.9 Å². The van der Waals surface area contributed by atoms with Crippen molar-refractivity contribution in [2.75, 3.05) is 11.4 Å². The normalized spacial score (nSPS) is 13.3. The second-order valence-corrected chi connectivity index (χ2v) is 5.08. The number of carbonyl (C=O) groups excluding carboxylic acids is 1. The molecule has 0 aliphatic rings. The van der Waals surface area contributed by atoms with Gasteiger partial charge in [-0.1, -0.05) is 6.07 Å². The molecule has 0 aliphatic heterocycles. The van der Waals surface area contributed by atoms with Crippen molar-refractivity contribution in [2.24, 2.45) is 5.92 Å². The first-order chi connectivity index (χ1) is 9.77. The molecule has 1 rings (SSSR count). The van der Waals surface area contributed by atoms with E-state index in [0.717, 1.165) is 5.56 Å². The quantitative estimate of drug-likeness (QED) is 0.777. The van der Waals surface area contributed by atoms with Crippen molar-refractivity contribution in [1.29, 1.82) is 0 Å². The van der Waals surface area contributed by atoms with Gasteiger partial charge in [0.1, 0.15) is 5.75 Å². The Morgan fingerprint density at radius 2 is 1.95 bits per heavy atom. The maximum absolute atomic E-state index is 12.3. The number of hydrogen-bond acceptors (Lipinski definition) is 3. The van der Waals surface area contributed by atoms with Crippen LogP contribution in [-0.4, -0.2) is 34.8 Å². The van der Waals surface area contributed by atoms with Gasteiger partial charge in [0.2, 0.25) is 0 Å². The molecule has 116 valence electrons. The number of aliphatic carboxylic acids is 1. The van der Waals surface area contributed by atoms with Crippen LogP contribution < -0.4 is 10.2 Å². The Hall–Kier alpha value is -2.24. The molecular formula is C15H22N2O4. The molecule has 0 saturated carbocycles. The van der Waals surface area contributed by atoms with E-state index in [1.807, 2.05) is 13.8 Å². The average Bonchev–Trinajstić information content (AvgIpc) is 2.42. The van der Waals surface area contributed by atoms with E-state index in [-0.39, 0.29) is 11.8 Å². The number of nitrogens with zero attached hydrogens (tertiary/aromatic N) is 1. The van der Waals surface area contributed by atoms with Crippen molar-refractivity contribution in [3.63, 3.8) is 0 Å². The lowest BCUT2D eigenvalue weighted by atomic mass is 10.0. The van der Waals surface area contributed by atoms with Crippen molar-refractivity contribution in [2.45, 2.75) is 33.7 Å². The van der Waals surface area contributed by atoms with Gasteiger partial charge in [0.05, 0.1) is 11.6 Å². The van der Waals surface area contributed by atoms with E-state index in [4.69, 9.17) is 5.11 Å². The summed E-state index contributed by atoms with van der Waals surface area (Å²) in [6, 6.07) is 3.92. The molecule has 1 aromatic rings. The number of carboxylic acids is 1. The van der Waals surface area contributed by atoms with Crippen LogP contribution in [0.4, 0.5) is 10.5 Å². The number of nitrogens with one attached hydrogen (secondary N) is 1. The molecule has 21 heavy (non-hydrogen) atoms. The fraction of sp³-hybridized carbons (Fsp3) is 0.467. The zero-order chi connectivity index (χ0) is 16.2. The van der Waals surface area contributed by atoms with E-state index in [1.165, 1.54) is 11.0 Å². The smallest absolute Gasteiger partial charge is 0.322 e. The molecule has 0 aliphatic carbocycles. The summed E-state index contributed by atoms with van der Waals surface area (Å²) in [5, 5.41) is 21.2. The molecular weight excluding hydrogens is 272 g/mol. The van der Waals surface area contributed by atoms with Crippen molar-refractivity contribution in [3.8, 4) is 5.75 Å². The lowest BCUT2D eigenvalue weighted by molar-refractivity contribution is -0.141. The average molecular weight is 294 g/mol. The van der Waals surface area contributed by atoms with Crippen LogP contribution in [0, 0.1) is 12.8 Å². The molecule has 2 atom stereocenters. The summed E-state index contributed by atoms with van der Waals surface area (Å²) < 4.78 is 0. The molecule has 6 heteroatoms. The number of phenolic OH excluding ortho intramolecular Hbond substituents is 1. The highest BCUT2D eigenvalue weighted by atomic mass is 16.4. The summed E-state index contributed by atoms with van der Waals surface area (Å²) in [6.07, 6.45) is 0. The summed E-state index contributed by atoms with van der Waals surface area (Å²) in [6.45, 7) is 7.26. The van der Waals surface area contributed by atoms with Crippen LogP contribution in [0.3, 0.4) is 0 Å². The Bertz CT molecular complexity index is 530. The number of amides is 2. The van der Waals surface area contributed by atoms with Gasteiger partial charge in [-0.2, -0.15) is 0 Å². The molecule has 0 aromatic heterocycles. The molecule has 2 unspecified atom stereocenters. The number of rotatable bonds is 5. The van der Waals surface area contributed by atoms with E-state index in [2.05, 4.69) is 5.32 Å². The minimum Gasteiger partial charge on any atom is -0.508 e. The van der Waals surface area contributed by atoms with Crippen molar-refractivity contribution >= 4 is 17.7 Å². The number of hydrogen-bond donors (Lipinski definition) is 3. The lowest BCUT2D eigenvalue weighted by Gasteiger charge is -2.26. The summed E-state index contributed by atoms with van der Waals surface area (Å²) in [7, 11) is 0. The fourth-order valence-electron chi connectivity index (χ4n) is 1.92.